The quantitative estimate of drug-likeness (QED) is 0.0239. The van der Waals surface area contributed by atoms with Gasteiger partial charge in [-0.2, -0.15) is 0 Å². The fourth-order valence-electron chi connectivity index (χ4n) is 6.41. The number of amides is 1. The van der Waals surface area contributed by atoms with E-state index in [9.17, 15) is 24.2 Å². The zero-order valence-corrected chi connectivity index (χ0v) is 38.6. The summed E-state index contributed by atoms with van der Waals surface area (Å²) in [6, 6.07) is 0. The van der Waals surface area contributed by atoms with Crippen molar-refractivity contribution in [1.82, 2.24) is 5.32 Å². The largest absolute Gasteiger partial charge is 0.472 e. The summed E-state index contributed by atoms with van der Waals surface area (Å²) in [5.74, 6) is -0.546. The molecule has 10 heteroatoms. The molecule has 0 aromatic carbocycles. The number of hydrogen-bond acceptors (Lipinski definition) is 7. The molecular formula is C49H88NO8P. The molecule has 0 heterocycles. The molecule has 342 valence electrons. The van der Waals surface area contributed by atoms with Crippen molar-refractivity contribution in [3.05, 3.63) is 60.8 Å². The second-order valence-electron chi connectivity index (χ2n) is 15.7. The van der Waals surface area contributed by atoms with Gasteiger partial charge in [-0.15, -0.1) is 0 Å². The Morgan fingerprint density at radius 2 is 0.966 bits per heavy atom. The highest BCUT2D eigenvalue weighted by Crippen LogP contribution is 2.42. The number of nitrogens with one attached hydrogen (secondary N) is 1. The van der Waals surface area contributed by atoms with Crippen LogP contribution in [-0.4, -0.2) is 54.3 Å². The van der Waals surface area contributed by atoms with Gasteiger partial charge >= 0.3 is 13.8 Å². The van der Waals surface area contributed by atoms with Crippen molar-refractivity contribution in [3.8, 4) is 0 Å². The Morgan fingerprint density at radius 1 is 0.542 bits per heavy atom. The van der Waals surface area contributed by atoms with Crippen molar-refractivity contribution in [2.45, 2.75) is 213 Å². The minimum absolute atomic E-state index is 0.0619. The fourth-order valence-corrected chi connectivity index (χ4v) is 7.16. The Morgan fingerprint density at radius 3 is 1.46 bits per heavy atom. The lowest BCUT2D eigenvalue weighted by Gasteiger charge is -2.15. The van der Waals surface area contributed by atoms with E-state index in [2.05, 4.69) is 79.9 Å². The van der Waals surface area contributed by atoms with Crippen molar-refractivity contribution in [2.75, 3.05) is 26.4 Å². The zero-order chi connectivity index (χ0) is 43.2. The summed E-state index contributed by atoms with van der Waals surface area (Å²) in [4.78, 5) is 34.0. The van der Waals surface area contributed by atoms with E-state index in [4.69, 9.17) is 13.8 Å². The number of unbranched alkanes of at least 4 members (excludes halogenated alkanes) is 21. The number of ether oxygens (including phenoxy) is 1. The van der Waals surface area contributed by atoms with Crippen LogP contribution in [-0.2, 0) is 27.9 Å². The predicted octanol–water partition coefficient (Wildman–Crippen LogP) is 13.7. The Bertz CT molecular complexity index is 1150. The third-order valence-electron chi connectivity index (χ3n) is 9.96. The molecule has 0 saturated carbocycles. The van der Waals surface area contributed by atoms with Crippen LogP contribution in [0.2, 0.25) is 0 Å². The average molecular weight is 850 g/mol. The van der Waals surface area contributed by atoms with Crippen LogP contribution >= 0.6 is 7.82 Å². The van der Waals surface area contributed by atoms with Gasteiger partial charge in [-0.05, 0) is 57.8 Å². The lowest BCUT2D eigenvalue weighted by atomic mass is 10.0. The number of aliphatic hydroxyl groups is 1. The smallest absolute Gasteiger partial charge is 0.463 e. The number of phosphoric ester groups is 1. The van der Waals surface area contributed by atoms with E-state index in [0.29, 0.717) is 6.42 Å². The summed E-state index contributed by atoms with van der Waals surface area (Å²) in [6.07, 6.45) is 54.4. The Balaban J connectivity index is 3.62. The molecule has 0 fully saturated rings. The standard InChI is InChI=1S/C49H88NO8P/c1-3-5-7-9-11-13-15-17-19-21-23-25-27-29-31-33-35-37-39-41-48(52)50-43-44-57-59(54,55)58-46-47(51)45-56-49(53)42-40-38-36-34-32-30-28-26-24-22-20-18-16-14-12-10-8-6-4-2/h5,7,11,13,17,19,23,25,29,31,47,51H,3-4,6,8-10,12,14-16,18,20-22,24,26-28,30,32-46H2,1-2H3,(H,50,52)(H,54,55)/b7-5-,13-11-,19-17-,25-23-,31-29-. The minimum Gasteiger partial charge on any atom is -0.463 e. The maximum Gasteiger partial charge on any atom is 0.472 e. The summed E-state index contributed by atoms with van der Waals surface area (Å²) >= 11 is 0. The SMILES string of the molecule is CC/C=C\C/C=C\C/C=C\C/C=C\C/C=C\CCCCCC(=O)NCCOP(=O)(O)OCC(O)COC(=O)CCCCCCCCCCCCCCCCCCCCC. The van der Waals surface area contributed by atoms with E-state index in [1.165, 1.54) is 103 Å². The molecule has 0 rings (SSSR count). The number of esters is 1. The van der Waals surface area contributed by atoms with Crippen molar-refractivity contribution >= 4 is 19.7 Å². The lowest BCUT2D eigenvalue weighted by Crippen LogP contribution is -2.27. The second kappa shape index (κ2) is 45.2. The molecular weight excluding hydrogens is 762 g/mol. The molecule has 0 aliphatic carbocycles. The zero-order valence-electron chi connectivity index (χ0n) is 37.7. The Kier molecular flexibility index (Phi) is 43.5. The molecule has 0 aromatic heterocycles. The van der Waals surface area contributed by atoms with E-state index in [1.54, 1.807) is 0 Å². The van der Waals surface area contributed by atoms with Crippen LogP contribution in [0.25, 0.3) is 0 Å². The van der Waals surface area contributed by atoms with Crippen LogP contribution in [0.1, 0.15) is 206 Å². The van der Waals surface area contributed by atoms with E-state index >= 15 is 0 Å². The van der Waals surface area contributed by atoms with E-state index in [1.807, 2.05) is 0 Å². The first-order chi connectivity index (χ1) is 28.8. The number of aliphatic hydroxyl groups excluding tert-OH is 1. The van der Waals surface area contributed by atoms with Gasteiger partial charge in [-0.1, -0.05) is 197 Å². The molecule has 3 N–H and O–H groups in total. The Hall–Kier alpha value is -2.29. The predicted molar refractivity (Wildman–Crippen MR) is 247 cm³/mol. The molecule has 0 bridgehead atoms. The van der Waals surface area contributed by atoms with Gasteiger partial charge in [0.1, 0.15) is 12.7 Å². The van der Waals surface area contributed by atoms with Gasteiger partial charge in [-0.25, -0.2) is 4.57 Å². The summed E-state index contributed by atoms with van der Waals surface area (Å²) in [5.41, 5.74) is 0. The van der Waals surface area contributed by atoms with Crippen molar-refractivity contribution in [3.63, 3.8) is 0 Å². The number of phosphoric acid groups is 1. The first kappa shape index (κ1) is 56.7. The maximum absolute atomic E-state index is 12.1. The number of carbonyl (C=O) groups is 2. The van der Waals surface area contributed by atoms with Gasteiger partial charge in [0.05, 0.1) is 13.2 Å². The fraction of sp³-hybridized carbons (Fsp3) is 0.755. The molecule has 9 nitrogen and oxygen atoms in total. The highest BCUT2D eigenvalue weighted by atomic mass is 31.2. The van der Waals surface area contributed by atoms with Crippen LogP contribution in [0.4, 0.5) is 0 Å². The van der Waals surface area contributed by atoms with Crippen LogP contribution in [0.15, 0.2) is 60.8 Å². The lowest BCUT2D eigenvalue weighted by molar-refractivity contribution is -0.147. The van der Waals surface area contributed by atoms with Gasteiger partial charge in [0.15, 0.2) is 0 Å². The number of allylic oxidation sites excluding steroid dienone is 10. The van der Waals surface area contributed by atoms with Gasteiger partial charge in [0.2, 0.25) is 5.91 Å². The summed E-state index contributed by atoms with van der Waals surface area (Å²) in [6.45, 7) is 3.42. The van der Waals surface area contributed by atoms with Crippen LogP contribution in [0.3, 0.4) is 0 Å². The van der Waals surface area contributed by atoms with Crippen molar-refractivity contribution in [2.24, 2.45) is 0 Å². The second-order valence-corrected chi connectivity index (χ2v) is 17.2. The van der Waals surface area contributed by atoms with Crippen molar-refractivity contribution < 1.29 is 37.9 Å². The van der Waals surface area contributed by atoms with E-state index < -0.39 is 26.5 Å². The molecule has 0 radical (unpaired) electrons. The third-order valence-corrected chi connectivity index (χ3v) is 10.9. The summed E-state index contributed by atoms with van der Waals surface area (Å²) in [7, 11) is -4.43. The number of rotatable bonds is 44. The molecule has 59 heavy (non-hydrogen) atoms. The first-order valence-corrected chi connectivity index (χ1v) is 25.3. The van der Waals surface area contributed by atoms with Crippen LogP contribution in [0.5, 0.6) is 0 Å². The monoisotopic (exact) mass is 850 g/mol. The molecule has 0 aromatic rings. The molecule has 2 atom stereocenters. The average Bonchev–Trinajstić information content (AvgIpc) is 3.22. The molecule has 0 aliphatic heterocycles. The number of hydrogen-bond donors (Lipinski definition) is 3. The molecule has 0 spiro atoms. The first-order valence-electron chi connectivity index (χ1n) is 23.8. The maximum atomic E-state index is 12.1. The van der Waals surface area contributed by atoms with E-state index in [-0.39, 0.29) is 32.1 Å². The number of carbonyl (C=O) groups excluding carboxylic acids is 2. The topological polar surface area (TPSA) is 131 Å². The van der Waals surface area contributed by atoms with Gasteiger partial charge < -0.3 is 20.1 Å². The normalized spacial score (nSPS) is 13.8. The third kappa shape index (κ3) is 46.6. The van der Waals surface area contributed by atoms with E-state index in [0.717, 1.165) is 77.0 Å². The van der Waals surface area contributed by atoms with Gasteiger partial charge in [0.25, 0.3) is 0 Å². The summed E-state index contributed by atoms with van der Waals surface area (Å²) < 4.78 is 26.9. The Labute approximate surface area is 361 Å². The van der Waals surface area contributed by atoms with Gasteiger partial charge in [-0.3, -0.25) is 18.6 Å². The highest BCUT2D eigenvalue weighted by molar-refractivity contribution is 7.47. The minimum atomic E-state index is -4.43. The molecule has 0 saturated heterocycles. The van der Waals surface area contributed by atoms with Gasteiger partial charge in [0, 0.05) is 19.4 Å². The summed E-state index contributed by atoms with van der Waals surface area (Å²) in [5, 5.41) is 12.7. The molecule has 2 unspecified atom stereocenters. The molecule has 0 aliphatic rings. The highest BCUT2D eigenvalue weighted by Gasteiger charge is 2.23. The molecule has 1 amide bonds. The van der Waals surface area contributed by atoms with Crippen LogP contribution in [0, 0.1) is 0 Å². The van der Waals surface area contributed by atoms with Crippen LogP contribution < -0.4 is 5.32 Å². The van der Waals surface area contributed by atoms with Crippen molar-refractivity contribution in [1.29, 1.82) is 0 Å².